The monoisotopic (exact) mass is 345 g/mol. The van der Waals surface area contributed by atoms with Crippen LogP contribution >= 0.6 is 0 Å². The number of rotatable bonds is 3. The minimum Gasteiger partial charge on any atom is -0.355 e. The molecule has 5 heterocycles. The van der Waals surface area contributed by atoms with E-state index in [-0.39, 0.29) is 0 Å². The Morgan fingerprint density at radius 3 is 2.68 bits per heavy atom. The van der Waals surface area contributed by atoms with E-state index < -0.39 is 0 Å². The zero-order valence-electron chi connectivity index (χ0n) is 15.5. The molecule has 4 aliphatic rings. The number of nitrogens with zero attached hydrogens (tertiary/aromatic N) is 6. The Labute approximate surface area is 150 Å². The summed E-state index contributed by atoms with van der Waals surface area (Å²) >= 11 is 0. The molecule has 0 amide bonds. The summed E-state index contributed by atoms with van der Waals surface area (Å²) < 4.78 is 2.25. The minimum atomic E-state index is 0.468. The van der Waals surface area contributed by atoms with Gasteiger partial charge in [-0.1, -0.05) is 6.92 Å². The number of hydrogen-bond acceptors (Lipinski definition) is 4. The molecule has 5 rings (SSSR count). The van der Waals surface area contributed by atoms with Crippen LogP contribution in [-0.2, 0) is 0 Å². The molecule has 1 N–H and O–H groups in total. The van der Waals surface area contributed by atoms with Crippen LogP contribution in [-0.4, -0.2) is 95.7 Å². The number of piperidine rings is 1. The highest BCUT2D eigenvalue weighted by atomic mass is 15.4. The van der Waals surface area contributed by atoms with Gasteiger partial charge in [-0.15, -0.1) is 0 Å². The van der Waals surface area contributed by atoms with Crippen molar-refractivity contribution in [3.63, 3.8) is 0 Å². The third-order valence-corrected chi connectivity index (χ3v) is 6.23. The van der Waals surface area contributed by atoms with E-state index in [1.807, 2.05) is 19.6 Å². The molecule has 3 unspecified atom stereocenters. The number of guanidine groups is 1. The van der Waals surface area contributed by atoms with Gasteiger partial charge in [0.2, 0.25) is 0 Å². The van der Waals surface area contributed by atoms with Gasteiger partial charge in [-0.3, -0.25) is 14.8 Å². The average molecular weight is 345 g/mol. The van der Waals surface area contributed by atoms with E-state index in [0.29, 0.717) is 18.0 Å². The predicted octanol–water partition coefficient (Wildman–Crippen LogP) is 0.341. The van der Waals surface area contributed by atoms with Gasteiger partial charge in [0, 0.05) is 77.8 Å². The SMILES string of the molecule is CN=C(NCC1CN2CCN1CC2)N1CCC(C)C(n2ccnc2)C1. The van der Waals surface area contributed by atoms with Crippen LogP contribution in [0.1, 0.15) is 19.4 Å². The Bertz CT molecular complexity index is 576. The molecule has 4 saturated heterocycles. The van der Waals surface area contributed by atoms with Crippen molar-refractivity contribution in [2.75, 3.05) is 59.4 Å². The second-order valence-electron chi connectivity index (χ2n) is 7.71. The van der Waals surface area contributed by atoms with Gasteiger partial charge in [0.25, 0.3) is 0 Å². The molecule has 3 atom stereocenters. The van der Waals surface area contributed by atoms with Crippen molar-refractivity contribution in [1.29, 1.82) is 0 Å². The fraction of sp³-hybridized carbons (Fsp3) is 0.778. The van der Waals surface area contributed by atoms with Crippen molar-refractivity contribution in [2.24, 2.45) is 10.9 Å². The smallest absolute Gasteiger partial charge is 0.193 e. The molecule has 7 nitrogen and oxygen atoms in total. The number of nitrogens with one attached hydrogen (secondary N) is 1. The molecule has 0 spiro atoms. The molecule has 4 aliphatic heterocycles. The molecular formula is C18H31N7. The Morgan fingerprint density at radius 2 is 2.04 bits per heavy atom. The number of fused-ring (bicyclic) bond motifs is 3. The first kappa shape index (κ1) is 16.8. The summed E-state index contributed by atoms with van der Waals surface area (Å²) in [5, 5.41) is 3.66. The zero-order valence-corrected chi connectivity index (χ0v) is 15.5. The highest BCUT2D eigenvalue weighted by molar-refractivity contribution is 5.80. The van der Waals surface area contributed by atoms with Gasteiger partial charge >= 0.3 is 0 Å². The first-order chi connectivity index (χ1) is 12.2. The summed E-state index contributed by atoms with van der Waals surface area (Å²) in [5.74, 6) is 1.71. The van der Waals surface area contributed by atoms with E-state index in [0.717, 1.165) is 25.6 Å². The maximum absolute atomic E-state index is 4.57. The third-order valence-electron chi connectivity index (χ3n) is 6.23. The topological polar surface area (TPSA) is 51.9 Å². The van der Waals surface area contributed by atoms with Crippen molar-refractivity contribution < 1.29 is 0 Å². The summed E-state index contributed by atoms with van der Waals surface area (Å²) in [7, 11) is 1.91. The van der Waals surface area contributed by atoms with Crippen LogP contribution in [0.5, 0.6) is 0 Å². The predicted molar refractivity (Wildman–Crippen MR) is 99.8 cm³/mol. The Morgan fingerprint density at radius 1 is 1.20 bits per heavy atom. The molecule has 2 bridgehead atoms. The lowest BCUT2D eigenvalue weighted by molar-refractivity contribution is 0.0151. The van der Waals surface area contributed by atoms with Gasteiger partial charge in [-0.25, -0.2) is 4.98 Å². The van der Waals surface area contributed by atoms with E-state index >= 15 is 0 Å². The van der Waals surface area contributed by atoms with Crippen molar-refractivity contribution in [3.8, 4) is 0 Å². The van der Waals surface area contributed by atoms with Gasteiger partial charge in [0.15, 0.2) is 5.96 Å². The van der Waals surface area contributed by atoms with Crippen molar-refractivity contribution >= 4 is 5.96 Å². The number of aromatic nitrogens is 2. The molecule has 25 heavy (non-hydrogen) atoms. The second-order valence-corrected chi connectivity index (χ2v) is 7.71. The van der Waals surface area contributed by atoms with Crippen LogP contribution in [0.15, 0.2) is 23.7 Å². The number of piperazine rings is 3. The number of likely N-dealkylation sites (tertiary alicyclic amines) is 1. The Hall–Kier alpha value is -1.60. The van der Waals surface area contributed by atoms with Gasteiger partial charge in [0.05, 0.1) is 12.4 Å². The normalized spacial score (nSPS) is 35.8. The molecule has 1 aromatic heterocycles. The summed E-state index contributed by atoms with van der Waals surface area (Å²) in [4.78, 5) is 16.4. The van der Waals surface area contributed by atoms with E-state index in [4.69, 9.17) is 0 Å². The van der Waals surface area contributed by atoms with E-state index in [1.54, 1.807) is 0 Å². The lowest BCUT2D eigenvalue weighted by atomic mass is 9.93. The van der Waals surface area contributed by atoms with Crippen LogP contribution in [0, 0.1) is 5.92 Å². The molecule has 7 heteroatoms. The van der Waals surface area contributed by atoms with E-state index in [9.17, 15) is 0 Å². The Kier molecular flexibility index (Phi) is 4.94. The molecule has 0 aromatic carbocycles. The maximum Gasteiger partial charge on any atom is 0.193 e. The summed E-state index contributed by atoms with van der Waals surface area (Å²) in [5.41, 5.74) is 0. The molecular weight excluding hydrogens is 314 g/mol. The van der Waals surface area contributed by atoms with Crippen molar-refractivity contribution in [1.82, 2.24) is 29.6 Å². The minimum absolute atomic E-state index is 0.468. The van der Waals surface area contributed by atoms with Crippen LogP contribution in [0.25, 0.3) is 0 Å². The van der Waals surface area contributed by atoms with Crippen LogP contribution in [0.3, 0.4) is 0 Å². The van der Waals surface area contributed by atoms with Gasteiger partial charge in [-0.05, 0) is 12.3 Å². The molecule has 4 fully saturated rings. The molecule has 0 radical (unpaired) electrons. The largest absolute Gasteiger partial charge is 0.355 e. The van der Waals surface area contributed by atoms with Gasteiger partial charge in [-0.2, -0.15) is 0 Å². The van der Waals surface area contributed by atoms with Crippen LogP contribution in [0.4, 0.5) is 0 Å². The highest BCUT2D eigenvalue weighted by Gasteiger charge is 2.33. The first-order valence-corrected chi connectivity index (χ1v) is 9.64. The van der Waals surface area contributed by atoms with Crippen molar-refractivity contribution in [3.05, 3.63) is 18.7 Å². The summed E-state index contributed by atoms with van der Waals surface area (Å²) in [6.45, 7) is 11.5. The molecule has 0 saturated carbocycles. The average Bonchev–Trinajstić information content (AvgIpc) is 3.19. The highest BCUT2D eigenvalue weighted by Crippen LogP contribution is 2.27. The summed E-state index contributed by atoms with van der Waals surface area (Å²) in [6, 6.07) is 1.09. The quantitative estimate of drug-likeness (QED) is 0.633. The van der Waals surface area contributed by atoms with Crippen molar-refractivity contribution in [2.45, 2.75) is 25.4 Å². The van der Waals surface area contributed by atoms with Gasteiger partial charge < -0.3 is 14.8 Å². The molecule has 1 aromatic rings. The molecule has 138 valence electrons. The maximum atomic E-state index is 4.57. The first-order valence-electron chi connectivity index (χ1n) is 9.64. The number of aliphatic imine (C=N–C) groups is 1. The number of hydrogen-bond donors (Lipinski definition) is 1. The molecule has 0 aliphatic carbocycles. The fourth-order valence-electron chi connectivity index (χ4n) is 4.55. The fourth-order valence-corrected chi connectivity index (χ4v) is 4.55. The lowest BCUT2D eigenvalue weighted by Gasteiger charge is -2.48. The van der Waals surface area contributed by atoms with Crippen LogP contribution in [0.2, 0.25) is 0 Å². The van der Waals surface area contributed by atoms with Crippen LogP contribution < -0.4 is 5.32 Å². The lowest BCUT2D eigenvalue weighted by Crippen LogP contribution is -2.64. The van der Waals surface area contributed by atoms with Gasteiger partial charge in [0.1, 0.15) is 0 Å². The second kappa shape index (κ2) is 7.33. The third kappa shape index (κ3) is 3.53. The summed E-state index contributed by atoms with van der Waals surface area (Å²) in [6.07, 6.45) is 7.09. The van der Waals surface area contributed by atoms with E-state index in [1.165, 1.54) is 39.1 Å². The van der Waals surface area contributed by atoms with E-state index in [2.05, 4.69) is 47.7 Å². The zero-order chi connectivity index (χ0) is 17.2. The number of imidazole rings is 1. The Balaban J connectivity index is 1.36. The standard InChI is InChI=1S/C18H31N7/c1-15-3-5-24(13-17(15)25-6-4-20-14-25)18(19-2)21-11-16-12-22-7-9-23(16)10-8-22/h4,6,14-17H,3,5,7-13H2,1-2H3,(H,19,21).